The van der Waals surface area contributed by atoms with Crippen molar-refractivity contribution >= 4 is 52.4 Å². The summed E-state index contributed by atoms with van der Waals surface area (Å²) in [7, 11) is 0. The fourth-order valence-electron chi connectivity index (χ4n) is 6.19. The third-order valence-electron chi connectivity index (χ3n) is 7.98. The molecule has 0 radical (unpaired) electrons. The second-order valence-electron chi connectivity index (χ2n) is 9.86. The van der Waals surface area contributed by atoms with Crippen molar-refractivity contribution in [2.75, 3.05) is 6.54 Å². The summed E-state index contributed by atoms with van der Waals surface area (Å²) >= 11 is 12.1. The smallest absolute Gasteiger partial charge is 0.273 e. The molecule has 188 valence electrons. The first-order valence-electron chi connectivity index (χ1n) is 11.8. The number of carbonyl (C=O) groups is 4. The van der Waals surface area contributed by atoms with Crippen LogP contribution < -0.4 is 0 Å². The fourth-order valence-corrected chi connectivity index (χ4v) is 6.49. The molecule has 2 saturated carbocycles. The standard InChI is InChI=1S/C26H19Cl2N3O6/c27-19-8-3-13(9-20(19)28)24(33)29(11-21(32)12-1-4-14(5-2-12)31(36)37)30-25(34)22-15-6-7-16(18-10-17(15)18)23(22)26(30)35/h1-9,15-18,22-23H,10-11H2/t15-,16+,17-,18-,22+,23-/m1/s1. The maximum atomic E-state index is 13.7. The topological polar surface area (TPSA) is 118 Å². The summed E-state index contributed by atoms with van der Waals surface area (Å²) in [5.74, 6) is -2.86. The Morgan fingerprint density at radius 1 is 0.919 bits per heavy atom. The van der Waals surface area contributed by atoms with Crippen LogP contribution in [0.2, 0.25) is 10.0 Å². The van der Waals surface area contributed by atoms with E-state index in [4.69, 9.17) is 23.2 Å². The average molecular weight is 540 g/mol. The van der Waals surface area contributed by atoms with Gasteiger partial charge in [0.2, 0.25) is 0 Å². The van der Waals surface area contributed by atoms with Crippen LogP contribution in [0.5, 0.6) is 0 Å². The van der Waals surface area contributed by atoms with Crippen LogP contribution in [0, 0.1) is 45.6 Å². The minimum absolute atomic E-state index is 0.0466. The van der Waals surface area contributed by atoms with Gasteiger partial charge in [-0.05, 0) is 60.4 Å². The van der Waals surface area contributed by atoms with Crippen LogP contribution >= 0.6 is 23.2 Å². The molecule has 1 aliphatic heterocycles. The van der Waals surface area contributed by atoms with Crippen molar-refractivity contribution in [3.63, 3.8) is 0 Å². The van der Waals surface area contributed by atoms with Crippen molar-refractivity contribution in [3.8, 4) is 0 Å². The third-order valence-corrected chi connectivity index (χ3v) is 8.71. The first kappa shape index (κ1) is 23.8. The molecule has 37 heavy (non-hydrogen) atoms. The molecule has 6 atom stereocenters. The number of nitro groups is 1. The van der Waals surface area contributed by atoms with E-state index in [2.05, 4.69) is 0 Å². The Bertz CT molecular complexity index is 1390. The van der Waals surface area contributed by atoms with E-state index in [1.54, 1.807) is 0 Å². The number of nitrogens with zero attached hydrogens (tertiary/aromatic N) is 3. The summed E-state index contributed by atoms with van der Waals surface area (Å²) in [6.07, 6.45) is 5.02. The van der Waals surface area contributed by atoms with Crippen LogP contribution in [0.4, 0.5) is 5.69 Å². The van der Waals surface area contributed by atoms with E-state index >= 15 is 0 Å². The second kappa shape index (κ2) is 8.49. The van der Waals surface area contributed by atoms with Crippen LogP contribution in [-0.2, 0) is 9.59 Å². The van der Waals surface area contributed by atoms with Gasteiger partial charge in [-0.2, -0.15) is 5.01 Å². The normalized spacial score (nSPS) is 28.6. The summed E-state index contributed by atoms with van der Waals surface area (Å²) in [6.45, 7) is -0.622. The van der Waals surface area contributed by atoms with Crippen molar-refractivity contribution in [3.05, 3.63) is 85.9 Å². The first-order chi connectivity index (χ1) is 17.7. The van der Waals surface area contributed by atoms with Crippen molar-refractivity contribution < 1.29 is 24.1 Å². The van der Waals surface area contributed by atoms with Crippen LogP contribution in [0.1, 0.15) is 27.1 Å². The maximum absolute atomic E-state index is 13.7. The van der Waals surface area contributed by atoms with Gasteiger partial charge in [0, 0.05) is 23.3 Å². The molecule has 1 saturated heterocycles. The van der Waals surface area contributed by atoms with Crippen molar-refractivity contribution in [2.24, 2.45) is 35.5 Å². The number of hydrogen-bond acceptors (Lipinski definition) is 6. The lowest BCUT2D eigenvalue weighted by Crippen LogP contribution is -2.52. The van der Waals surface area contributed by atoms with Crippen LogP contribution in [-0.4, -0.2) is 45.0 Å². The summed E-state index contributed by atoms with van der Waals surface area (Å²) < 4.78 is 0. The zero-order valence-electron chi connectivity index (χ0n) is 19.1. The Kier molecular flexibility index (Phi) is 5.47. The SMILES string of the molecule is O=C(CN(C(=O)c1ccc(Cl)c(Cl)c1)N1C(=O)[C@@H]2[C@H]3C=C[C@H]([C@H]4C[C@H]34)[C@@H]2C1=O)c1ccc([N+](=O)[O-])cc1. The van der Waals surface area contributed by atoms with Gasteiger partial charge in [-0.1, -0.05) is 35.4 Å². The van der Waals surface area contributed by atoms with E-state index < -0.39 is 46.8 Å². The molecule has 0 N–H and O–H groups in total. The van der Waals surface area contributed by atoms with Crippen LogP contribution in [0.15, 0.2) is 54.6 Å². The minimum atomic E-state index is -0.764. The number of benzene rings is 2. The molecule has 3 fully saturated rings. The number of imide groups is 1. The molecule has 11 heteroatoms. The Morgan fingerprint density at radius 2 is 1.49 bits per heavy atom. The molecular weight excluding hydrogens is 521 g/mol. The number of amides is 3. The summed E-state index contributed by atoms with van der Waals surface area (Å²) in [5.41, 5.74) is -0.0573. The molecule has 0 aromatic heterocycles. The number of nitro benzene ring substituents is 1. The molecule has 0 spiro atoms. The number of halogens is 2. The highest BCUT2D eigenvalue weighted by Crippen LogP contribution is 2.65. The zero-order valence-corrected chi connectivity index (χ0v) is 20.6. The third kappa shape index (κ3) is 3.67. The van der Waals surface area contributed by atoms with Gasteiger partial charge in [-0.25, -0.2) is 5.01 Å². The van der Waals surface area contributed by atoms with E-state index in [-0.39, 0.29) is 38.7 Å². The quantitative estimate of drug-likeness (QED) is 0.178. The number of hydrogen-bond donors (Lipinski definition) is 0. The number of allylic oxidation sites excluding steroid dienone is 2. The van der Waals surface area contributed by atoms with E-state index in [1.165, 1.54) is 42.5 Å². The van der Waals surface area contributed by atoms with Gasteiger partial charge >= 0.3 is 0 Å². The monoisotopic (exact) mass is 539 g/mol. The molecular formula is C26H19Cl2N3O6. The van der Waals surface area contributed by atoms with Crippen LogP contribution in [0.3, 0.4) is 0 Å². The number of carbonyl (C=O) groups excluding carboxylic acids is 4. The van der Waals surface area contributed by atoms with Crippen molar-refractivity contribution in [1.82, 2.24) is 10.0 Å². The van der Waals surface area contributed by atoms with Gasteiger partial charge in [-0.15, -0.1) is 0 Å². The molecule has 4 aliphatic carbocycles. The number of Topliss-reactive ketones (excluding diaryl/α,β-unsaturated/α-hetero) is 1. The number of non-ortho nitro benzene ring substituents is 1. The predicted octanol–water partition coefficient (Wildman–Crippen LogP) is 4.19. The van der Waals surface area contributed by atoms with Gasteiger partial charge in [0.25, 0.3) is 23.4 Å². The van der Waals surface area contributed by atoms with Gasteiger partial charge < -0.3 is 0 Å². The highest BCUT2D eigenvalue weighted by Gasteiger charge is 2.68. The van der Waals surface area contributed by atoms with Crippen LogP contribution in [0.25, 0.3) is 0 Å². The maximum Gasteiger partial charge on any atom is 0.273 e. The Hall–Kier alpha value is -3.56. The molecule has 2 bridgehead atoms. The Morgan fingerprint density at radius 3 is 2.03 bits per heavy atom. The zero-order chi connectivity index (χ0) is 26.2. The van der Waals surface area contributed by atoms with Gasteiger partial charge in [0.1, 0.15) is 6.54 Å². The highest BCUT2D eigenvalue weighted by atomic mass is 35.5. The summed E-state index contributed by atoms with van der Waals surface area (Å²) in [5, 5.41) is 13.0. The Balaban J connectivity index is 1.35. The molecule has 0 unspecified atom stereocenters. The molecule has 1 heterocycles. The highest BCUT2D eigenvalue weighted by molar-refractivity contribution is 6.42. The number of ketones is 1. The first-order valence-corrected chi connectivity index (χ1v) is 12.5. The van der Waals surface area contributed by atoms with E-state index in [0.29, 0.717) is 11.8 Å². The molecule has 2 aromatic carbocycles. The summed E-state index contributed by atoms with van der Waals surface area (Å²) in [4.78, 5) is 64.6. The lowest BCUT2D eigenvalue weighted by Gasteiger charge is -2.37. The number of rotatable bonds is 6. The second-order valence-corrected chi connectivity index (χ2v) is 10.7. The lowest BCUT2D eigenvalue weighted by molar-refractivity contribution is -0.384. The molecule has 5 aliphatic rings. The molecule has 3 amide bonds. The molecule has 9 nitrogen and oxygen atoms in total. The largest absolute Gasteiger partial charge is 0.292 e. The predicted molar refractivity (Wildman–Crippen MR) is 131 cm³/mol. The molecule has 7 rings (SSSR count). The number of hydrazine groups is 1. The van der Waals surface area contributed by atoms with E-state index in [0.717, 1.165) is 16.4 Å². The Labute approximate surface area is 220 Å². The fraction of sp³-hybridized carbons (Fsp3) is 0.308. The van der Waals surface area contributed by atoms with E-state index in [9.17, 15) is 29.3 Å². The summed E-state index contributed by atoms with van der Waals surface area (Å²) in [6, 6.07) is 9.02. The van der Waals surface area contributed by atoms with Gasteiger partial charge in [0.05, 0.1) is 26.8 Å². The van der Waals surface area contributed by atoms with Gasteiger partial charge in [-0.3, -0.25) is 29.3 Å². The average Bonchev–Trinajstić information content (AvgIpc) is 3.67. The van der Waals surface area contributed by atoms with Crippen molar-refractivity contribution in [2.45, 2.75) is 6.42 Å². The lowest BCUT2D eigenvalue weighted by atomic mass is 9.63. The van der Waals surface area contributed by atoms with E-state index in [1.807, 2.05) is 12.2 Å². The minimum Gasteiger partial charge on any atom is -0.292 e. The molecule has 2 aromatic rings. The van der Waals surface area contributed by atoms with Crippen molar-refractivity contribution in [1.29, 1.82) is 0 Å². The van der Waals surface area contributed by atoms with Gasteiger partial charge in [0.15, 0.2) is 5.78 Å².